The number of halogens is 1. The van der Waals surface area contributed by atoms with Gasteiger partial charge in [-0.2, -0.15) is 0 Å². The third kappa shape index (κ3) is 3.40. The molecule has 2 aliphatic rings. The Morgan fingerprint density at radius 1 is 0.944 bits per heavy atom. The molecule has 2 saturated heterocycles. The summed E-state index contributed by atoms with van der Waals surface area (Å²) in [5, 5.41) is 3.34. The van der Waals surface area contributed by atoms with E-state index in [2.05, 4.69) is 5.32 Å². The van der Waals surface area contributed by atoms with Crippen LogP contribution in [0.2, 0.25) is 0 Å². The van der Waals surface area contributed by atoms with Gasteiger partial charge in [0.05, 0.1) is 24.6 Å². The van der Waals surface area contributed by atoms with Crippen LogP contribution in [0.15, 0.2) is 78.9 Å². The number of nitrogens with one attached hydrogen (secondary N) is 1. The number of esters is 1. The van der Waals surface area contributed by atoms with Crippen LogP contribution >= 0.6 is 0 Å². The van der Waals surface area contributed by atoms with E-state index in [0.717, 1.165) is 16.2 Å². The number of benzene rings is 3. The van der Waals surface area contributed by atoms with Gasteiger partial charge in [0.1, 0.15) is 5.82 Å². The number of ether oxygens (including phenoxy) is 1. The Balaban J connectivity index is 1.71. The second-order valence-electron chi connectivity index (χ2n) is 9.24. The number of carbonyl (C=O) groups is 3. The van der Waals surface area contributed by atoms with Gasteiger partial charge in [-0.3, -0.25) is 14.9 Å². The number of hydrogen-bond acceptors (Lipinski definition) is 6. The molecule has 36 heavy (non-hydrogen) atoms. The van der Waals surface area contributed by atoms with Crippen molar-refractivity contribution in [1.82, 2.24) is 5.32 Å². The predicted octanol–water partition coefficient (Wildman–Crippen LogP) is 3.41. The first kappa shape index (κ1) is 23.7. The molecule has 3 aromatic carbocycles. The van der Waals surface area contributed by atoms with Crippen molar-refractivity contribution in [1.29, 1.82) is 0 Å². The third-order valence-corrected chi connectivity index (χ3v) is 7.16. The largest absolute Gasteiger partial charge is 0.467 e. The standard InChI is InChI=1S/C28H26FN3O4/c1-31(2)19-15-13-17(14-16-19)24-22-23(26(34)32(25(22)33)21-12-8-7-11-20(21)29)28(30-24,27(35)36-3)18-9-5-4-6-10-18/h4-16,22-24,30H,1-3H3/t22-,23-,24+,28-/m0/s1. The number of nitrogens with zero attached hydrogens (tertiary/aromatic N) is 2. The Morgan fingerprint density at radius 3 is 2.19 bits per heavy atom. The van der Waals surface area contributed by atoms with Crippen molar-refractivity contribution < 1.29 is 23.5 Å². The number of methoxy groups -OCH3 is 1. The summed E-state index contributed by atoms with van der Waals surface area (Å²) in [5.41, 5.74) is 0.413. The molecule has 2 aliphatic heterocycles. The van der Waals surface area contributed by atoms with Crippen molar-refractivity contribution in [3.8, 4) is 0 Å². The van der Waals surface area contributed by atoms with Crippen molar-refractivity contribution in [3.63, 3.8) is 0 Å². The zero-order valence-corrected chi connectivity index (χ0v) is 20.1. The SMILES string of the molecule is COC(=O)[C@@]1(c2ccccc2)N[C@H](c2ccc(N(C)C)cc2)[C@H]2C(=O)N(c3ccccc3F)C(=O)[C@H]21. The topological polar surface area (TPSA) is 79.0 Å². The maximum atomic E-state index is 14.8. The van der Waals surface area contributed by atoms with Gasteiger partial charge in [-0.15, -0.1) is 0 Å². The number of hydrogen-bond donors (Lipinski definition) is 1. The lowest BCUT2D eigenvalue weighted by Gasteiger charge is -2.33. The van der Waals surface area contributed by atoms with Crippen molar-refractivity contribution in [2.24, 2.45) is 11.8 Å². The van der Waals surface area contributed by atoms with Gasteiger partial charge in [0.2, 0.25) is 11.8 Å². The molecule has 7 nitrogen and oxygen atoms in total. The highest BCUT2D eigenvalue weighted by Gasteiger charge is 2.69. The molecule has 184 valence electrons. The Labute approximate surface area is 208 Å². The van der Waals surface area contributed by atoms with Crippen molar-refractivity contribution in [2.45, 2.75) is 11.6 Å². The first-order valence-electron chi connectivity index (χ1n) is 11.6. The fourth-order valence-electron chi connectivity index (χ4n) is 5.48. The number of rotatable bonds is 5. The summed E-state index contributed by atoms with van der Waals surface area (Å²) < 4.78 is 20.0. The van der Waals surface area contributed by atoms with Crippen molar-refractivity contribution in [2.75, 3.05) is 31.0 Å². The first-order chi connectivity index (χ1) is 17.3. The number of imide groups is 1. The minimum atomic E-state index is -1.64. The van der Waals surface area contributed by atoms with E-state index in [-0.39, 0.29) is 5.69 Å². The number of fused-ring (bicyclic) bond motifs is 1. The number of para-hydroxylation sites is 1. The molecule has 5 rings (SSSR count). The van der Waals surface area contributed by atoms with Crippen LogP contribution in [-0.4, -0.2) is 39.0 Å². The quantitative estimate of drug-likeness (QED) is 0.439. The van der Waals surface area contributed by atoms with E-state index < -0.39 is 47.0 Å². The molecule has 0 aromatic heterocycles. The van der Waals surface area contributed by atoms with Crippen LogP contribution in [0.5, 0.6) is 0 Å². The highest BCUT2D eigenvalue weighted by Crippen LogP contribution is 2.54. The molecule has 2 heterocycles. The summed E-state index contributed by atoms with van der Waals surface area (Å²) in [6.45, 7) is 0. The van der Waals surface area contributed by atoms with E-state index in [1.807, 2.05) is 43.3 Å². The predicted molar refractivity (Wildman–Crippen MR) is 133 cm³/mol. The van der Waals surface area contributed by atoms with Gasteiger partial charge < -0.3 is 9.64 Å². The lowest BCUT2D eigenvalue weighted by molar-refractivity contribution is -0.152. The van der Waals surface area contributed by atoms with Crippen molar-refractivity contribution in [3.05, 3.63) is 95.8 Å². The molecule has 8 heteroatoms. The zero-order chi connectivity index (χ0) is 25.6. The van der Waals surface area contributed by atoms with Gasteiger partial charge in [-0.25, -0.2) is 14.1 Å². The van der Waals surface area contributed by atoms with Gasteiger partial charge in [0, 0.05) is 25.8 Å². The maximum Gasteiger partial charge on any atom is 0.331 e. The molecule has 2 amide bonds. The minimum absolute atomic E-state index is 0.129. The summed E-state index contributed by atoms with van der Waals surface area (Å²) in [4.78, 5) is 44.2. The molecule has 0 bridgehead atoms. The number of anilines is 2. The molecule has 0 spiro atoms. The van der Waals surface area contributed by atoms with Gasteiger partial charge in [0.25, 0.3) is 0 Å². The van der Waals surface area contributed by atoms with E-state index in [1.54, 1.807) is 36.4 Å². The summed E-state index contributed by atoms with van der Waals surface area (Å²) in [6.07, 6.45) is 0. The van der Waals surface area contributed by atoms with E-state index in [1.165, 1.54) is 25.3 Å². The molecule has 0 unspecified atom stereocenters. The van der Waals surface area contributed by atoms with Crippen LogP contribution in [0.4, 0.5) is 15.8 Å². The fraction of sp³-hybridized carbons (Fsp3) is 0.250. The highest BCUT2D eigenvalue weighted by atomic mass is 19.1. The molecule has 0 aliphatic carbocycles. The third-order valence-electron chi connectivity index (χ3n) is 7.16. The monoisotopic (exact) mass is 487 g/mol. The summed E-state index contributed by atoms with van der Waals surface area (Å²) in [6, 6.07) is 21.2. The number of carbonyl (C=O) groups excluding carboxylic acids is 3. The van der Waals surface area contributed by atoms with E-state index in [9.17, 15) is 18.8 Å². The summed E-state index contributed by atoms with van der Waals surface area (Å²) in [5.74, 6) is -4.69. The van der Waals surface area contributed by atoms with Crippen LogP contribution in [0.25, 0.3) is 0 Å². The average molecular weight is 488 g/mol. The normalized spacial score (nSPS) is 25.1. The minimum Gasteiger partial charge on any atom is -0.467 e. The van der Waals surface area contributed by atoms with Crippen molar-refractivity contribution >= 4 is 29.2 Å². The highest BCUT2D eigenvalue weighted by molar-refractivity contribution is 6.24. The van der Waals surface area contributed by atoms with Crippen LogP contribution in [0, 0.1) is 17.7 Å². The molecular weight excluding hydrogens is 461 g/mol. The average Bonchev–Trinajstić information content (AvgIpc) is 3.39. The molecule has 0 saturated carbocycles. The summed E-state index contributed by atoms with van der Waals surface area (Å²) >= 11 is 0. The van der Waals surface area contributed by atoms with Crippen LogP contribution in [0.3, 0.4) is 0 Å². The molecular formula is C28H26FN3O4. The first-order valence-corrected chi connectivity index (χ1v) is 11.6. The van der Waals surface area contributed by atoms with Crippen LogP contribution < -0.4 is 15.1 Å². The Hall–Kier alpha value is -4.04. The van der Waals surface area contributed by atoms with Gasteiger partial charge >= 0.3 is 5.97 Å². The summed E-state index contributed by atoms with van der Waals surface area (Å²) in [7, 11) is 5.09. The van der Waals surface area contributed by atoms with Crippen LogP contribution in [0.1, 0.15) is 17.2 Å². The van der Waals surface area contributed by atoms with Gasteiger partial charge in [0.15, 0.2) is 5.54 Å². The second-order valence-corrected chi connectivity index (χ2v) is 9.24. The Morgan fingerprint density at radius 2 is 1.58 bits per heavy atom. The van der Waals surface area contributed by atoms with Gasteiger partial charge in [-0.05, 0) is 35.4 Å². The van der Waals surface area contributed by atoms with Gasteiger partial charge in [-0.1, -0.05) is 54.6 Å². The molecule has 3 aromatic rings. The van der Waals surface area contributed by atoms with E-state index in [4.69, 9.17) is 4.74 Å². The zero-order valence-electron chi connectivity index (χ0n) is 20.1. The van der Waals surface area contributed by atoms with Crippen LogP contribution in [-0.2, 0) is 24.7 Å². The number of amides is 2. The lowest BCUT2D eigenvalue weighted by Crippen LogP contribution is -2.53. The Kier molecular flexibility index (Phi) is 5.84. The van der Waals surface area contributed by atoms with E-state index >= 15 is 0 Å². The second kappa shape index (κ2) is 8.87. The molecule has 2 fully saturated rings. The Bertz CT molecular complexity index is 1330. The molecule has 0 radical (unpaired) electrons. The smallest absolute Gasteiger partial charge is 0.331 e. The maximum absolute atomic E-state index is 14.8. The molecule has 4 atom stereocenters. The molecule has 1 N–H and O–H groups in total. The lowest BCUT2D eigenvalue weighted by atomic mass is 9.75. The fourth-order valence-corrected chi connectivity index (χ4v) is 5.48. The van der Waals surface area contributed by atoms with E-state index in [0.29, 0.717) is 5.56 Å².